The van der Waals surface area contributed by atoms with E-state index in [4.69, 9.17) is 4.74 Å². The molecule has 0 aliphatic rings. The lowest BCUT2D eigenvalue weighted by Crippen LogP contribution is -2.32. The quantitative estimate of drug-likeness (QED) is 0.674. The molecule has 2 rings (SSSR count). The van der Waals surface area contributed by atoms with Gasteiger partial charge in [0.1, 0.15) is 12.4 Å². The van der Waals surface area contributed by atoms with E-state index in [2.05, 4.69) is 31.5 Å². The van der Waals surface area contributed by atoms with Crippen LogP contribution in [0.2, 0.25) is 0 Å². The largest absolute Gasteiger partial charge is 0.492 e. The molecule has 0 aliphatic heterocycles. The monoisotopic (exact) mass is 385 g/mol. The van der Waals surface area contributed by atoms with Gasteiger partial charge in [-0.3, -0.25) is 4.79 Å². The van der Waals surface area contributed by atoms with Gasteiger partial charge in [-0.25, -0.2) is 4.68 Å². The second-order valence-corrected chi connectivity index (χ2v) is 6.35. The second-order valence-electron chi connectivity index (χ2n) is 4.49. The summed E-state index contributed by atoms with van der Waals surface area (Å²) in [5, 5.41) is 11.7. The van der Waals surface area contributed by atoms with Gasteiger partial charge in [0.05, 0.1) is 12.3 Å². The lowest BCUT2D eigenvalue weighted by atomic mass is 10.3. The highest BCUT2D eigenvalue weighted by Crippen LogP contribution is 2.16. The van der Waals surface area contributed by atoms with Crippen LogP contribution in [0.3, 0.4) is 0 Å². The molecular formula is C13H16BrN5O2S. The van der Waals surface area contributed by atoms with Crippen LogP contribution in [0, 0.1) is 0 Å². The average molecular weight is 386 g/mol. The minimum atomic E-state index is 0.00686. The van der Waals surface area contributed by atoms with Crippen LogP contribution in [0.1, 0.15) is 0 Å². The van der Waals surface area contributed by atoms with Crippen LogP contribution in [0.15, 0.2) is 33.9 Å². The van der Waals surface area contributed by atoms with Crippen molar-refractivity contribution in [2.75, 3.05) is 26.0 Å². The number of aromatic nitrogens is 4. The fourth-order valence-electron chi connectivity index (χ4n) is 1.54. The van der Waals surface area contributed by atoms with E-state index in [1.54, 1.807) is 19.0 Å². The molecule has 0 fully saturated rings. The zero-order valence-corrected chi connectivity index (χ0v) is 14.7. The molecule has 0 spiro atoms. The summed E-state index contributed by atoms with van der Waals surface area (Å²) in [4.78, 5) is 13.6. The minimum Gasteiger partial charge on any atom is -0.492 e. The predicted octanol–water partition coefficient (Wildman–Crippen LogP) is 1.60. The van der Waals surface area contributed by atoms with E-state index >= 15 is 0 Å². The fraction of sp³-hybridized carbons (Fsp3) is 0.385. The number of benzene rings is 1. The highest BCUT2D eigenvalue weighted by Gasteiger charge is 2.12. The van der Waals surface area contributed by atoms with Crippen molar-refractivity contribution in [2.45, 2.75) is 5.16 Å². The minimum absolute atomic E-state index is 0.00686. The molecule has 1 aromatic carbocycles. The molecule has 1 amide bonds. The Kier molecular flexibility index (Phi) is 6.20. The van der Waals surface area contributed by atoms with Crippen molar-refractivity contribution >= 4 is 33.6 Å². The molecule has 118 valence electrons. The zero-order valence-electron chi connectivity index (χ0n) is 12.3. The molecule has 0 saturated carbocycles. The number of thioether (sulfide) groups is 1. The molecule has 1 heterocycles. The number of aryl methyl sites for hydroxylation is 1. The number of rotatable bonds is 7. The van der Waals surface area contributed by atoms with E-state index in [1.165, 1.54) is 16.4 Å². The van der Waals surface area contributed by atoms with E-state index < -0.39 is 0 Å². The van der Waals surface area contributed by atoms with Crippen molar-refractivity contribution in [3.63, 3.8) is 0 Å². The lowest BCUT2D eigenvalue weighted by Gasteiger charge is -2.17. The third kappa shape index (κ3) is 4.99. The van der Waals surface area contributed by atoms with Crippen molar-refractivity contribution in [3.05, 3.63) is 28.7 Å². The standard InChI is InChI=1S/C13H16BrN5O2S/c1-18(7-8-21-11-5-3-10(14)4-6-11)12(20)9-22-13-15-16-17-19(13)2/h3-6H,7-9H2,1-2H3. The van der Waals surface area contributed by atoms with E-state index in [9.17, 15) is 4.79 Å². The van der Waals surface area contributed by atoms with Crippen LogP contribution in [0.25, 0.3) is 0 Å². The smallest absolute Gasteiger partial charge is 0.232 e. The van der Waals surface area contributed by atoms with Gasteiger partial charge < -0.3 is 9.64 Å². The summed E-state index contributed by atoms with van der Waals surface area (Å²) in [5.41, 5.74) is 0. The molecular weight excluding hydrogens is 370 g/mol. The first kappa shape index (κ1) is 16.8. The van der Waals surface area contributed by atoms with Gasteiger partial charge >= 0.3 is 0 Å². The Hall–Kier alpha value is -1.61. The van der Waals surface area contributed by atoms with E-state index in [-0.39, 0.29) is 5.91 Å². The number of tetrazole rings is 1. The Morgan fingerprint density at radius 1 is 1.41 bits per heavy atom. The molecule has 22 heavy (non-hydrogen) atoms. The number of carbonyl (C=O) groups is 1. The highest BCUT2D eigenvalue weighted by molar-refractivity contribution is 9.10. The average Bonchev–Trinajstić information content (AvgIpc) is 2.92. The molecule has 7 nitrogen and oxygen atoms in total. The van der Waals surface area contributed by atoms with Gasteiger partial charge in [-0.15, -0.1) is 5.10 Å². The van der Waals surface area contributed by atoms with Gasteiger partial charge in [0.2, 0.25) is 11.1 Å². The van der Waals surface area contributed by atoms with Gasteiger partial charge in [0.15, 0.2) is 0 Å². The number of hydrogen-bond acceptors (Lipinski definition) is 6. The van der Waals surface area contributed by atoms with Crippen molar-refractivity contribution in [1.82, 2.24) is 25.1 Å². The Morgan fingerprint density at radius 3 is 2.77 bits per heavy atom. The summed E-state index contributed by atoms with van der Waals surface area (Å²) in [6.07, 6.45) is 0. The Bertz CT molecular complexity index is 619. The van der Waals surface area contributed by atoms with Gasteiger partial charge in [-0.1, -0.05) is 27.7 Å². The summed E-state index contributed by atoms with van der Waals surface area (Å²) in [6, 6.07) is 7.58. The molecule has 0 unspecified atom stereocenters. The van der Waals surface area contributed by atoms with Crippen LogP contribution in [-0.2, 0) is 11.8 Å². The molecule has 0 bridgehead atoms. The number of carbonyl (C=O) groups excluding carboxylic acids is 1. The van der Waals surface area contributed by atoms with Crippen molar-refractivity contribution < 1.29 is 9.53 Å². The van der Waals surface area contributed by atoms with Gasteiger partial charge in [-0.2, -0.15) is 0 Å². The number of likely N-dealkylation sites (N-methyl/N-ethyl adjacent to an activating group) is 1. The first-order valence-electron chi connectivity index (χ1n) is 6.54. The third-order valence-electron chi connectivity index (χ3n) is 2.84. The maximum absolute atomic E-state index is 12.0. The first-order valence-corrected chi connectivity index (χ1v) is 8.31. The third-order valence-corrected chi connectivity index (χ3v) is 4.36. The molecule has 0 aliphatic carbocycles. The molecule has 9 heteroatoms. The predicted molar refractivity (Wildman–Crippen MR) is 86.8 cm³/mol. The summed E-state index contributed by atoms with van der Waals surface area (Å²) in [7, 11) is 3.49. The molecule has 0 saturated heterocycles. The highest BCUT2D eigenvalue weighted by atomic mass is 79.9. The van der Waals surface area contributed by atoms with Crippen molar-refractivity contribution in [3.8, 4) is 5.75 Å². The Labute approximate surface area is 141 Å². The Balaban J connectivity index is 1.70. The van der Waals surface area contributed by atoms with Crippen LogP contribution in [0.4, 0.5) is 0 Å². The van der Waals surface area contributed by atoms with Gasteiger partial charge in [-0.05, 0) is 34.7 Å². The van der Waals surface area contributed by atoms with Crippen LogP contribution < -0.4 is 4.74 Å². The summed E-state index contributed by atoms with van der Waals surface area (Å²) < 4.78 is 8.13. The number of amides is 1. The topological polar surface area (TPSA) is 73.1 Å². The maximum Gasteiger partial charge on any atom is 0.232 e. The summed E-state index contributed by atoms with van der Waals surface area (Å²) in [6.45, 7) is 0.965. The van der Waals surface area contributed by atoms with E-state index in [0.29, 0.717) is 24.1 Å². The fourth-order valence-corrected chi connectivity index (χ4v) is 2.59. The van der Waals surface area contributed by atoms with Crippen molar-refractivity contribution in [1.29, 1.82) is 0 Å². The zero-order chi connectivity index (χ0) is 15.9. The van der Waals surface area contributed by atoms with Crippen LogP contribution in [0.5, 0.6) is 5.75 Å². The number of halogens is 1. The number of nitrogens with zero attached hydrogens (tertiary/aromatic N) is 5. The summed E-state index contributed by atoms with van der Waals surface area (Å²) in [5.74, 6) is 1.08. The molecule has 0 N–H and O–H groups in total. The summed E-state index contributed by atoms with van der Waals surface area (Å²) >= 11 is 4.68. The van der Waals surface area contributed by atoms with E-state index in [1.807, 2.05) is 24.3 Å². The van der Waals surface area contributed by atoms with Crippen LogP contribution in [-0.4, -0.2) is 57.0 Å². The van der Waals surface area contributed by atoms with Crippen LogP contribution >= 0.6 is 27.7 Å². The molecule has 0 radical (unpaired) electrons. The van der Waals surface area contributed by atoms with E-state index in [0.717, 1.165) is 10.2 Å². The Morgan fingerprint density at radius 2 is 2.14 bits per heavy atom. The first-order chi connectivity index (χ1) is 10.6. The SMILES string of the molecule is CN(CCOc1ccc(Br)cc1)C(=O)CSc1nnnn1C. The maximum atomic E-state index is 12.0. The normalized spacial score (nSPS) is 10.5. The number of ether oxygens (including phenoxy) is 1. The number of hydrogen-bond donors (Lipinski definition) is 0. The lowest BCUT2D eigenvalue weighted by molar-refractivity contribution is -0.127. The van der Waals surface area contributed by atoms with Gasteiger partial charge in [0, 0.05) is 18.6 Å². The van der Waals surface area contributed by atoms with Gasteiger partial charge in [0.25, 0.3) is 0 Å². The molecule has 1 aromatic heterocycles. The molecule has 2 aromatic rings. The van der Waals surface area contributed by atoms with Crippen molar-refractivity contribution in [2.24, 2.45) is 7.05 Å². The second kappa shape index (κ2) is 8.14. The molecule has 0 atom stereocenters.